The van der Waals surface area contributed by atoms with E-state index < -0.39 is 0 Å². The predicted molar refractivity (Wildman–Crippen MR) is 99.2 cm³/mol. The molecule has 0 saturated heterocycles. The Kier molecular flexibility index (Phi) is 4.53. The van der Waals surface area contributed by atoms with Crippen molar-refractivity contribution in [3.63, 3.8) is 0 Å². The molecule has 0 fully saturated rings. The Bertz CT molecular complexity index is 979. The van der Waals surface area contributed by atoms with Gasteiger partial charge >= 0.3 is 0 Å². The van der Waals surface area contributed by atoms with Crippen LogP contribution in [0.1, 0.15) is 28.9 Å². The van der Waals surface area contributed by atoms with E-state index in [4.69, 9.17) is 0 Å². The largest absolute Gasteiger partial charge is 0.350 e. The van der Waals surface area contributed by atoms with Gasteiger partial charge in [-0.15, -0.1) is 0 Å². The van der Waals surface area contributed by atoms with E-state index in [0.717, 1.165) is 15.6 Å². The number of fused-ring (bicyclic) bond motifs is 1. The Morgan fingerprint density at radius 2 is 1.92 bits per heavy atom. The summed E-state index contributed by atoms with van der Waals surface area (Å²) in [6, 6.07) is 14.8. The minimum Gasteiger partial charge on any atom is -0.350 e. The second-order valence-corrected chi connectivity index (χ2v) is 6.67. The van der Waals surface area contributed by atoms with Crippen LogP contribution in [-0.4, -0.2) is 10.5 Å². The number of carbonyl (C=O) groups excluding carboxylic acids is 1. The lowest BCUT2D eigenvalue weighted by Gasteiger charge is -2.15. The highest BCUT2D eigenvalue weighted by molar-refractivity contribution is 9.10. The average Bonchev–Trinajstić information content (AvgIpc) is 2.58. The van der Waals surface area contributed by atoms with Crippen molar-refractivity contribution in [3.05, 3.63) is 80.6 Å². The van der Waals surface area contributed by atoms with Gasteiger partial charge in [0.25, 0.3) is 5.91 Å². The summed E-state index contributed by atoms with van der Waals surface area (Å²) in [6.07, 6.45) is 1.59. The van der Waals surface area contributed by atoms with E-state index in [1.807, 2.05) is 50.4 Å². The number of nitrogens with one attached hydrogen (secondary N) is 1. The van der Waals surface area contributed by atoms with Crippen molar-refractivity contribution in [1.82, 2.24) is 9.88 Å². The lowest BCUT2D eigenvalue weighted by Crippen LogP contribution is -2.31. The van der Waals surface area contributed by atoms with Crippen molar-refractivity contribution in [3.8, 4) is 0 Å². The van der Waals surface area contributed by atoms with Crippen molar-refractivity contribution in [1.29, 1.82) is 0 Å². The first-order valence-electron chi connectivity index (χ1n) is 7.62. The number of hydrogen-bond donors (Lipinski definition) is 1. The molecule has 1 aromatic heterocycles. The molecule has 0 bridgehead atoms. The summed E-state index contributed by atoms with van der Waals surface area (Å²) in [5.41, 5.74) is 1.68. The average molecular weight is 385 g/mol. The lowest BCUT2D eigenvalue weighted by atomic mass is 10.1. The topological polar surface area (TPSA) is 51.1 Å². The maximum atomic E-state index is 12.6. The molecule has 0 radical (unpaired) electrons. The van der Waals surface area contributed by atoms with E-state index in [1.165, 1.54) is 0 Å². The zero-order chi connectivity index (χ0) is 17.3. The van der Waals surface area contributed by atoms with Crippen LogP contribution in [0, 0.1) is 0 Å². The number of benzene rings is 2. The van der Waals surface area contributed by atoms with Crippen LogP contribution in [0.4, 0.5) is 0 Å². The van der Waals surface area contributed by atoms with Gasteiger partial charge in [-0.1, -0.05) is 40.2 Å². The van der Waals surface area contributed by atoms with Crippen LogP contribution in [0.5, 0.6) is 0 Å². The molecule has 2 aromatic carbocycles. The fourth-order valence-electron chi connectivity index (χ4n) is 2.74. The Morgan fingerprint density at radius 3 is 2.67 bits per heavy atom. The molecule has 1 atom stereocenters. The summed E-state index contributed by atoms with van der Waals surface area (Å²) in [6.45, 7) is 1.89. The smallest absolute Gasteiger partial charge is 0.257 e. The number of carbonyl (C=O) groups is 1. The standard InChI is InChI=1S/C19H17BrN2O2/c1-12(13-6-5-7-14(20)10-13)21-19(24)16-11-22(2)17-9-4-3-8-15(17)18(16)23/h3-12H,1-2H3,(H,21,24)/t12-/m1/s1. The molecule has 24 heavy (non-hydrogen) atoms. The zero-order valence-electron chi connectivity index (χ0n) is 13.4. The molecule has 0 saturated carbocycles. The van der Waals surface area contributed by atoms with Gasteiger partial charge in [0.2, 0.25) is 5.43 Å². The number of nitrogens with zero attached hydrogens (tertiary/aromatic N) is 1. The van der Waals surface area contributed by atoms with Crippen LogP contribution in [-0.2, 0) is 7.05 Å². The number of amides is 1. The molecule has 0 aliphatic heterocycles. The maximum Gasteiger partial charge on any atom is 0.257 e. The van der Waals surface area contributed by atoms with Crippen LogP contribution in [0.15, 0.2) is 64.0 Å². The summed E-state index contributed by atoms with van der Waals surface area (Å²) in [4.78, 5) is 25.2. The Hall–Kier alpha value is -2.40. The van der Waals surface area contributed by atoms with E-state index in [0.29, 0.717) is 5.39 Å². The first kappa shape index (κ1) is 16.5. The van der Waals surface area contributed by atoms with Crippen LogP contribution in [0.25, 0.3) is 10.9 Å². The molecule has 0 unspecified atom stereocenters. The second kappa shape index (κ2) is 6.61. The van der Waals surface area contributed by atoms with Crippen LogP contribution in [0.2, 0.25) is 0 Å². The first-order valence-corrected chi connectivity index (χ1v) is 8.41. The van der Waals surface area contributed by atoms with E-state index in [1.54, 1.807) is 22.9 Å². The summed E-state index contributed by atoms with van der Waals surface area (Å²) in [5.74, 6) is -0.367. The SMILES string of the molecule is C[C@@H](NC(=O)c1cn(C)c2ccccc2c1=O)c1cccc(Br)c1. The van der Waals surface area contributed by atoms with Gasteiger partial charge in [0, 0.05) is 23.1 Å². The van der Waals surface area contributed by atoms with Gasteiger partial charge in [-0.3, -0.25) is 9.59 Å². The van der Waals surface area contributed by atoms with Crippen molar-refractivity contribution in [2.45, 2.75) is 13.0 Å². The molecule has 3 rings (SSSR count). The number of halogens is 1. The summed E-state index contributed by atoms with van der Waals surface area (Å²) in [7, 11) is 1.83. The molecule has 1 amide bonds. The number of hydrogen-bond acceptors (Lipinski definition) is 2. The Labute approximate surface area is 148 Å². The van der Waals surface area contributed by atoms with Gasteiger partial charge < -0.3 is 9.88 Å². The van der Waals surface area contributed by atoms with Gasteiger partial charge in [-0.2, -0.15) is 0 Å². The fraction of sp³-hybridized carbons (Fsp3) is 0.158. The quantitative estimate of drug-likeness (QED) is 0.746. The molecule has 1 heterocycles. The van der Waals surface area contributed by atoms with Crippen LogP contribution in [0.3, 0.4) is 0 Å². The number of para-hydroxylation sites is 1. The maximum absolute atomic E-state index is 12.6. The first-order chi connectivity index (χ1) is 11.5. The Morgan fingerprint density at radius 1 is 1.17 bits per heavy atom. The van der Waals surface area contributed by atoms with Crippen molar-refractivity contribution >= 4 is 32.7 Å². The molecule has 122 valence electrons. The molecule has 4 nitrogen and oxygen atoms in total. The summed E-state index contributed by atoms with van der Waals surface area (Å²) >= 11 is 3.42. The van der Waals surface area contributed by atoms with Gasteiger partial charge in [0.05, 0.1) is 11.6 Å². The number of aromatic nitrogens is 1. The highest BCUT2D eigenvalue weighted by Gasteiger charge is 2.17. The fourth-order valence-corrected chi connectivity index (χ4v) is 3.15. The van der Waals surface area contributed by atoms with Gasteiger partial charge in [0.1, 0.15) is 5.56 Å². The molecule has 5 heteroatoms. The van der Waals surface area contributed by atoms with E-state index >= 15 is 0 Å². The lowest BCUT2D eigenvalue weighted by molar-refractivity contribution is 0.0938. The van der Waals surface area contributed by atoms with Crippen LogP contribution >= 0.6 is 15.9 Å². The minimum atomic E-state index is -0.367. The number of rotatable bonds is 3. The van der Waals surface area contributed by atoms with E-state index in [9.17, 15) is 9.59 Å². The highest BCUT2D eigenvalue weighted by Crippen LogP contribution is 2.18. The third-order valence-electron chi connectivity index (χ3n) is 4.04. The minimum absolute atomic E-state index is 0.151. The second-order valence-electron chi connectivity index (χ2n) is 5.75. The van der Waals surface area contributed by atoms with E-state index in [-0.39, 0.29) is 22.9 Å². The summed E-state index contributed by atoms with van der Waals surface area (Å²) in [5, 5.41) is 3.44. The molecule has 1 N–H and O–H groups in total. The molecular weight excluding hydrogens is 368 g/mol. The van der Waals surface area contributed by atoms with Crippen molar-refractivity contribution in [2.75, 3.05) is 0 Å². The van der Waals surface area contributed by atoms with Gasteiger partial charge in [0.15, 0.2) is 0 Å². The van der Waals surface area contributed by atoms with Crippen molar-refractivity contribution < 1.29 is 4.79 Å². The number of aryl methyl sites for hydroxylation is 1. The molecular formula is C19H17BrN2O2. The van der Waals surface area contributed by atoms with E-state index in [2.05, 4.69) is 21.2 Å². The third-order valence-corrected chi connectivity index (χ3v) is 4.53. The predicted octanol–water partition coefficient (Wildman–Crippen LogP) is 3.79. The monoisotopic (exact) mass is 384 g/mol. The molecule has 0 aliphatic rings. The highest BCUT2D eigenvalue weighted by atomic mass is 79.9. The van der Waals surface area contributed by atoms with Gasteiger partial charge in [-0.25, -0.2) is 0 Å². The normalized spacial score (nSPS) is 12.1. The molecule has 0 spiro atoms. The Balaban J connectivity index is 1.94. The van der Waals surface area contributed by atoms with Crippen molar-refractivity contribution in [2.24, 2.45) is 7.05 Å². The van der Waals surface area contributed by atoms with Crippen LogP contribution < -0.4 is 10.7 Å². The zero-order valence-corrected chi connectivity index (χ0v) is 15.0. The van der Waals surface area contributed by atoms with Gasteiger partial charge in [-0.05, 0) is 36.8 Å². The molecule has 3 aromatic rings. The number of pyridine rings is 1. The molecule has 0 aliphatic carbocycles. The third kappa shape index (κ3) is 3.12. The summed E-state index contributed by atoms with van der Waals surface area (Å²) < 4.78 is 2.75.